The van der Waals surface area contributed by atoms with E-state index >= 15 is 0 Å². The van der Waals surface area contributed by atoms with Crippen molar-refractivity contribution in [2.45, 2.75) is 13.0 Å². The number of aromatic nitrogens is 4. The summed E-state index contributed by atoms with van der Waals surface area (Å²) in [4.78, 5) is 18.8. The van der Waals surface area contributed by atoms with Crippen LogP contribution in [0.15, 0.2) is 18.5 Å². The van der Waals surface area contributed by atoms with Gasteiger partial charge in [-0.1, -0.05) is 0 Å². The van der Waals surface area contributed by atoms with Crippen molar-refractivity contribution in [1.29, 1.82) is 0 Å². The minimum atomic E-state index is -0.144. The summed E-state index contributed by atoms with van der Waals surface area (Å²) >= 11 is 1.93. The van der Waals surface area contributed by atoms with Crippen LogP contribution in [-0.4, -0.2) is 61.2 Å². The van der Waals surface area contributed by atoms with Crippen molar-refractivity contribution >= 4 is 23.5 Å². The fourth-order valence-electron chi connectivity index (χ4n) is 2.49. The molecule has 0 bridgehead atoms. The maximum Gasteiger partial charge on any atom is 0.242 e. The molecule has 3 rings (SSSR count). The second kappa shape index (κ2) is 6.53. The number of rotatable bonds is 4. The van der Waals surface area contributed by atoms with Crippen LogP contribution in [0.4, 0.5) is 5.82 Å². The third kappa shape index (κ3) is 3.17. The highest BCUT2D eigenvalue weighted by Gasteiger charge is 2.23. The van der Waals surface area contributed by atoms with E-state index in [-0.39, 0.29) is 11.9 Å². The number of carbonyl (C=O) groups is 1. The fourth-order valence-corrected chi connectivity index (χ4v) is 3.42. The summed E-state index contributed by atoms with van der Waals surface area (Å²) in [7, 11) is 1.91. The van der Waals surface area contributed by atoms with Crippen LogP contribution in [0.2, 0.25) is 0 Å². The first-order valence-electron chi connectivity index (χ1n) is 7.31. The van der Waals surface area contributed by atoms with Crippen LogP contribution < -0.4 is 5.32 Å². The van der Waals surface area contributed by atoms with Gasteiger partial charge >= 0.3 is 0 Å². The Bertz CT molecular complexity index is 645. The van der Waals surface area contributed by atoms with Crippen molar-refractivity contribution < 1.29 is 4.79 Å². The molecule has 2 aromatic rings. The average molecular weight is 320 g/mol. The number of aromatic amines is 1. The van der Waals surface area contributed by atoms with Gasteiger partial charge in [-0.3, -0.25) is 14.8 Å². The lowest BCUT2D eigenvalue weighted by Gasteiger charge is -2.30. The van der Waals surface area contributed by atoms with Crippen molar-refractivity contribution in [3.63, 3.8) is 0 Å². The first-order valence-corrected chi connectivity index (χ1v) is 8.46. The normalized spacial score (nSPS) is 17.4. The SMILES string of the molecule is C[C@H](C(=O)Nc1cc(-c2nccn2C)[nH]n1)N1CCSCC1. The Morgan fingerprint density at radius 3 is 2.91 bits per heavy atom. The Hall–Kier alpha value is -1.80. The molecule has 1 aliphatic heterocycles. The van der Waals surface area contributed by atoms with Crippen molar-refractivity contribution in [2.75, 3.05) is 29.9 Å². The van der Waals surface area contributed by atoms with E-state index in [1.54, 1.807) is 12.3 Å². The van der Waals surface area contributed by atoms with E-state index in [0.29, 0.717) is 5.82 Å². The van der Waals surface area contributed by atoms with Gasteiger partial charge in [-0.25, -0.2) is 4.98 Å². The number of imidazole rings is 1. The molecule has 118 valence electrons. The van der Waals surface area contributed by atoms with Crippen LogP contribution in [0, 0.1) is 0 Å². The number of nitrogens with one attached hydrogen (secondary N) is 2. The zero-order valence-electron chi connectivity index (χ0n) is 12.7. The van der Waals surface area contributed by atoms with E-state index in [2.05, 4.69) is 25.4 Å². The lowest BCUT2D eigenvalue weighted by atomic mass is 10.2. The number of H-pyrrole nitrogens is 1. The number of nitrogens with zero attached hydrogens (tertiary/aromatic N) is 4. The van der Waals surface area contributed by atoms with Crippen LogP contribution in [0.25, 0.3) is 11.5 Å². The van der Waals surface area contributed by atoms with Gasteiger partial charge in [0.1, 0.15) is 5.69 Å². The second-order valence-electron chi connectivity index (χ2n) is 5.34. The molecule has 1 saturated heterocycles. The van der Waals surface area contributed by atoms with Crippen molar-refractivity contribution in [1.82, 2.24) is 24.6 Å². The van der Waals surface area contributed by atoms with Crippen molar-refractivity contribution in [3.8, 4) is 11.5 Å². The van der Waals surface area contributed by atoms with Crippen molar-refractivity contribution in [3.05, 3.63) is 18.5 Å². The molecule has 8 heteroatoms. The lowest BCUT2D eigenvalue weighted by molar-refractivity contribution is -0.120. The Labute approximate surface area is 133 Å². The minimum absolute atomic E-state index is 0.0233. The number of thioether (sulfide) groups is 1. The maximum absolute atomic E-state index is 12.3. The first-order chi connectivity index (χ1) is 10.6. The van der Waals surface area contributed by atoms with E-state index in [1.807, 2.05) is 36.5 Å². The number of anilines is 1. The summed E-state index contributed by atoms with van der Waals surface area (Å²) in [6.45, 7) is 3.86. The predicted molar refractivity (Wildman–Crippen MR) is 87.8 cm³/mol. The Balaban J connectivity index is 1.64. The number of aryl methyl sites for hydroxylation is 1. The van der Waals surface area contributed by atoms with E-state index < -0.39 is 0 Å². The van der Waals surface area contributed by atoms with E-state index in [4.69, 9.17) is 0 Å². The largest absolute Gasteiger partial charge is 0.333 e. The highest BCUT2D eigenvalue weighted by atomic mass is 32.2. The number of amides is 1. The molecular formula is C14H20N6OS. The van der Waals surface area contributed by atoms with Crippen molar-refractivity contribution in [2.24, 2.45) is 7.05 Å². The summed E-state index contributed by atoms with van der Waals surface area (Å²) < 4.78 is 1.90. The predicted octanol–water partition coefficient (Wildman–Crippen LogP) is 1.19. The monoisotopic (exact) mass is 320 g/mol. The topological polar surface area (TPSA) is 78.8 Å². The molecule has 1 fully saturated rings. The quantitative estimate of drug-likeness (QED) is 0.884. The van der Waals surface area contributed by atoms with Gasteiger partial charge in [0, 0.05) is 50.1 Å². The smallest absolute Gasteiger partial charge is 0.242 e. The number of hydrogen-bond acceptors (Lipinski definition) is 5. The molecular weight excluding hydrogens is 300 g/mol. The molecule has 0 aromatic carbocycles. The zero-order chi connectivity index (χ0) is 15.5. The van der Waals surface area contributed by atoms with Gasteiger partial charge in [0.05, 0.1) is 6.04 Å². The average Bonchev–Trinajstić information content (AvgIpc) is 3.16. The van der Waals surface area contributed by atoms with Crippen LogP contribution in [-0.2, 0) is 11.8 Å². The third-order valence-electron chi connectivity index (χ3n) is 3.86. The van der Waals surface area contributed by atoms with Gasteiger partial charge in [0.2, 0.25) is 5.91 Å². The van der Waals surface area contributed by atoms with E-state index in [0.717, 1.165) is 36.1 Å². The molecule has 3 heterocycles. The van der Waals surface area contributed by atoms with Gasteiger partial charge in [0.15, 0.2) is 11.6 Å². The first kappa shape index (κ1) is 15.1. The highest BCUT2D eigenvalue weighted by Crippen LogP contribution is 2.18. The van der Waals surface area contributed by atoms with Gasteiger partial charge < -0.3 is 9.88 Å². The Morgan fingerprint density at radius 1 is 1.45 bits per heavy atom. The van der Waals surface area contributed by atoms with E-state index in [1.165, 1.54) is 0 Å². The van der Waals surface area contributed by atoms with Gasteiger partial charge in [-0.05, 0) is 6.92 Å². The summed E-state index contributed by atoms with van der Waals surface area (Å²) in [5.74, 6) is 3.47. The summed E-state index contributed by atoms with van der Waals surface area (Å²) in [6.07, 6.45) is 3.59. The van der Waals surface area contributed by atoms with E-state index in [9.17, 15) is 4.79 Å². The molecule has 1 amide bonds. The number of hydrogen-bond donors (Lipinski definition) is 2. The molecule has 22 heavy (non-hydrogen) atoms. The second-order valence-corrected chi connectivity index (χ2v) is 6.57. The summed E-state index contributed by atoms with van der Waals surface area (Å²) in [5, 5.41) is 9.93. The molecule has 2 aromatic heterocycles. The third-order valence-corrected chi connectivity index (χ3v) is 4.81. The van der Waals surface area contributed by atoms with Crippen LogP contribution >= 0.6 is 11.8 Å². The standard InChI is InChI=1S/C14H20N6OS/c1-10(20-5-7-22-8-6-20)14(21)16-12-9-11(17-18-12)13-15-3-4-19(13)2/h3-4,9-10H,5-8H2,1-2H3,(H2,16,17,18,21)/t10-/m1/s1. The zero-order valence-corrected chi connectivity index (χ0v) is 13.6. The minimum Gasteiger partial charge on any atom is -0.333 e. The van der Waals surface area contributed by atoms with Gasteiger partial charge in [-0.15, -0.1) is 0 Å². The fraction of sp³-hybridized carbons (Fsp3) is 0.500. The Morgan fingerprint density at radius 2 is 2.23 bits per heavy atom. The molecule has 0 saturated carbocycles. The molecule has 7 nitrogen and oxygen atoms in total. The molecule has 0 radical (unpaired) electrons. The summed E-state index contributed by atoms with van der Waals surface area (Å²) in [5.41, 5.74) is 0.782. The Kier molecular flexibility index (Phi) is 4.49. The number of carbonyl (C=O) groups excluding carboxylic acids is 1. The van der Waals surface area contributed by atoms with Gasteiger partial charge in [-0.2, -0.15) is 16.9 Å². The molecule has 0 unspecified atom stereocenters. The maximum atomic E-state index is 12.3. The molecule has 0 aliphatic carbocycles. The molecule has 0 spiro atoms. The molecule has 1 atom stereocenters. The van der Waals surface area contributed by atoms with Crippen LogP contribution in [0.3, 0.4) is 0 Å². The van der Waals surface area contributed by atoms with Gasteiger partial charge in [0.25, 0.3) is 0 Å². The molecule has 2 N–H and O–H groups in total. The lowest BCUT2D eigenvalue weighted by Crippen LogP contribution is -2.46. The van der Waals surface area contributed by atoms with Crippen LogP contribution in [0.1, 0.15) is 6.92 Å². The summed E-state index contributed by atoms with van der Waals surface area (Å²) in [6, 6.07) is 1.66. The molecule has 1 aliphatic rings. The highest BCUT2D eigenvalue weighted by molar-refractivity contribution is 7.99. The van der Waals surface area contributed by atoms with Crippen LogP contribution in [0.5, 0.6) is 0 Å².